The van der Waals surface area contributed by atoms with Gasteiger partial charge in [-0.25, -0.2) is 4.21 Å². The van der Waals surface area contributed by atoms with Gasteiger partial charge in [0.05, 0.1) is 4.90 Å². The molecule has 0 spiro atoms. The maximum atomic E-state index is 10.9. The molecule has 1 atom stereocenters. The van der Waals surface area contributed by atoms with E-state index in [9.17, 15) is 4.21 Å². The van der Waals surface area contributed by atoms with Crippen LogP contribution in [0.25, 0.3) is 0 Å². The standard InChI is InChI=1S/C12H18O3S/c13-9-4-2-1-3-6-11-7-5-8-12(10-11)16(14)15/h5,7-8,10,13H,1-4,6,9H2,(H,14,15). The Morgan fingerprint density at radius 1 is 1.12 bits per heavy atom. The van der Waals surface area contributed by atoms with Crippen molar-refractivity contribution in [2.75, 3.05) is 6.61 Å². The molecule has 0 heterocycles. The van der Waals surface area contributed by atoms with Crippen molar-refractivity contribution in [1.29, 1.82) is 0 Å². The molecule has 0 radical (unpaired) electrons. The van der Waals surface area contributed by atoms with Crippen molar-refractivity contribution in [2.24, 2.45) is 0 Å². The van der Waals surface area contributed by atoms with Crippen molar-refractivity contribution in [3.63, 3.8) is 0 Å². The van der Waals surface area contributed by atoms with E-state index in [2.05, 4.69) is 0 Å². The highest BCUT2D eigenvalue weighted by atomic mass is 32.2. The van der Waals surface area contributed by atoms with Crippen molar-refractivity contribution < 1.29 is 13.9 Å². The summed E-state index contributed by atoms with van der Waals surface area (Å²) in [6, 6.07) is 7.22. The molecule has 16 heavy (non-hydrogen) atoms. The van der Waals surface area contributed by atoms with Crippen LogP contribution in [0.3, 0.4) is 0 Å². The number of aliphatic hydroxyl groups is 1. The summed E-state index contributed by atoms with van der Waals surface area (Å²) in [7, 11) is 0. The quantitative estimate of drug-likeness (QED) is 0.570. The molecule has 1 unspecified atom stereocenters. The van der Waals surface area contributed by atoms with Crippen molar-refractivity contribution in [3.05, 3.63) is 29.8 Å². The third-order valence-corrected chi connectivity index (χ3v) is 3.13. The molecule has 0 aliphatic heterocycles. The molecule has 0 saturated carbocycles. The summed E-state index contributed by atoms with van der Waals surface area (Å²) in [4.78, 5) is 0.466. The van der Waals surface area contributed by atoms with Crippen LogP contribution in [0.1, 0.15) is 31.2 Å². The van der Waals surface area contributed by atoms with Crippen molar-refractivity contribution in [1.82, 2.24) is 0 Å². The van der Waals surface area contributed by atoms with Gasteiger partial charge in [-0.15, -0.1) is 0 Å². The summed E-state index contributed by atoms with van der Waals surface area (Å²) >= 11 is -1.88. The van der Waals surface area contributed by atoms with Crippen molar-refractivity contribution in [3.8, 4) is 0 Å². The van der Waals surface area contributed by atoms with E-state index >= 15 is 0 Å². The molecule has 0 bridgehead atoms. The second-order valence-corrected chi connectivity index (χ2v) is 4.75. The van der Waals surface area contributed by atoms with Gasteiger partial charge in [-0.3, -0.25) is 0 Å². The van der Waals surface area contributed by atoms with Crippen LogP contribution < -0.4 is 0 Å². The number of unbranched alkanes of at least 4 members (excludes halogenated alkanes) is 3. The molecule has 0 amide bonds. The number of benzene rings is 1. The fourth-order valence-electron chi connectivity index (χ4n) is 1.60. The van der Waals surface area contributed by atoms with Gasteiger partial charge in [-0.2, -0.15) is 0 Å². The van der Waals surface area contributed by atoms with E-state index in [1.54, 1.807) is 12.1 Å². The highest BCUT2D eigenvalue weighted by Gasteiger charge is 2.00. The molecule has 90 valence electrons. The first-order chi connectivity index (χ1) is 7.74. The van der Waals surface area contributed by atoms with Crippen LogP contribution in [0.5, 0.6) is 0 Å². The van der Waals surface area contributed by atoms with Crippen LogP contribution in [0.2, 0.25) is 0 Å². The third kappa shape index (κ3) is 4.88. The molecule has 0 aliphatic rings. The Bertz CT molecular complexity index is 339. The molecule has 1 aromatic rings. The van der Waals surface area contributed by atoms with Gasteiger partial charge in [-0.05, 0) is 37.0 Å². The first kappa shape index (κ1) is 13.4. The van der Waals surface area contributed by atoms with Gasteiger partial charge >= 0.3 is 0 Å². The zero-order valence-corrected chi connectivity index (χ0v) is 10.1. The first-order valence-corrected chi connectivity index (χ1v) is 6.65. The third-order valence-electron chi connectivity index (χ3n) is 2.47. The van der Waals surface area contributed by atoms with Crippen LogP contribution in [-0.2, 0) is 17.5 Å². The Morgan fingerprint density at radius 2 is 1.88 bits per heavy atom. The number of hydrogen-bond acceptors (Lipinski definition) is 2. The van der Waals surface area contributed by atoms with Crippen LogP contribution >= 0.6 is 0 Å². The van der Waals surface area contributed by atoms with Gasteiger partial charge < -0.3 is 9.66 Å². The number of rotatable bonds is 7. The predicted molar refractivity (Wildman–Crippen MR) is 64.7 cm³/mol. The highest BCUT2D eigenvalue weighted by Crippen LogP contribution is 2.12. The molecule has 1 aromatic carbocycles. The Morgan fingerprint density at radius 3 is 2.56 bits per heavy atom. The lowest BCUT2D eigenvalue weighted by molar-refractivity contribution is 0.282. The van der Waals surface area contributed by atoms with E-state index in [1.807, 2.05) is 12.1 Å². The van der Waals surface area contributed by atoms with E-state index in [0.29, 0.717) is 4.90 Å². The lowest BCUT2D eigenvalue weighted by atomic mass is 10.1. The number of hydrogen-bond donors (Lipinski definition) is 2. The molecule has 1 rings (SSSR count). The molecular weight excluding hydrogens is 224 g/mol. The second kappa shape index (κ2) is 7.54. The molecular formula is C12H18O3S. The van der Waals surface area contributed by atoms with Crippen LogP contribution in [0.15, 0.2) is 29.2 Å². The normalized spacial score (nSPS) is 12.6. The Kier molecular flexibility index (Phi) is 6.30. The number of aryl methyl sites for hydroxylation is 1. The summed E-state index contributed by atoms with van der Waals surface area (Å²) in [6.45, 7) is 0.263. The van der Waals surface area contributed by atoms with E-state index in [-0.39, 0.29) is 6.61 Å². The molecule has 3 nitrogen and oxygen atoms in total. The minimum atomic E-state index is -1.88. The predicted octanol–water partition coefficient (Wildman–Crippen LogP) is 2.36. The van der Waals surface area contributed by atoms with E-state index in [4.69, 9.17) is 9.66 Å². The smallest absolute Gasteiger partial charge is 0.186 e. The average Bonchev–Trinajstić information content (AvgIpc) is 2.29. The monoisotopic (exact) mass is 242 g/mol. The summed E-state index contributed by atoms with van der Waals surface area (Å²) in [5.74, 6) is 0. The first-order valence-electron chi connectivity index (χ1n) is 5.54. The lowest BCUT2D eigenvalue weighted by Gasteiger charge is -2.03. The van der Waals surface area contributed by atoms with Gasteiger partial charge in [0.2, 0.25) is 0 Å². The lowest BCUT2D eigenvalue weighted by Crippen LogP contribution is -1.92. The van der Waals surface area contributed by atoms with Gasteiger partial charge in [-0.1, -0.05) is 25.0 Å². The summed E-state index contributed by atoms with van der Waals surface area (Å²) in [6.07, 6.45) is 4.98. The molecule has 0 fully saturated rings. The highest BCUT2D eigenvalue weighted by molar-refractivity contribution is 7.79. The van der Waals surface area contributed by atoms with Crippen LogP contribution in [0.4, 0.5) is 0 Å². The van der Waals surface area contributed by atoms with E-state index in [0.717, 1.165) is 37.7 Å². The summed E-state index contributed by atoms with van der Waals surface area (Å²) in [5, 5.41) is 8.62. The fourth-order valence-corrected chi connectivity index (χ4v) is 2.05. The van der Waals surface area contributed by atoms with Crippen LogP contribution in [-0.4, -0.2) is 20.5 Å². The Labute approximate surface area is 98.8 Å². The fraction of sp³-hybridized carbons (Fsp3) is 0.500. The molecule has 2 N–H and O–H groups in total. The topological polar surface area (TPSA) is 57.5 Å². The minimum absolute atomic E-state index is 0.263. The average molecular weight is 242 g/mol. The van der Waals surface area contributed by atoms with Crippen LogP contribution in [0, 0.1) is 0 Å². The largest absolute Gasteiger partial charge is 0.396 e. The SMILES string of the molecule is O=S(O)c1cccc(CCCCCCO)c1. The summed E-state index contributed by atoms with van der Waals surface area (Å²) in [5.41, 5.74) is 1.10. The Balaban J connectivity index is 2.36. The van der Waals surface area contributed by atoms with E-state index in [1.165, 1.54) is 0 Å². The maximum absolute atomic E-state index is 10.9. The summed E-state index contributed by atoms with van der Waals surface area (Å²) < 4.78 is 19.8. The van der Waals surface area contributed by atoms with Gasteiger partial charge in [0.15, 0.2) is 11.1 Å². The van der Waals surface area contributed by atoms with Crippen molar-refractivity contribution in [2.45, 2.75) is 37.0 Å². The Hall–Kier alpha value is -0.710. The number of aliphatic hydroxyl groups excluding tert-OH is 1. The zero-order chi connectivity index (χ0) is 11.8. The van der Waals surface area contributed by atoms with Gasteiger partial charge in [0.1, 0.15) is 0 Å². The molecule has 0 aromatic heterocycles. The van der Waals surface area contributed by atoms with Crippen molar-refractivity contribution >= 4 is 11.1 Å². The second-order valence-electron chi connectivity index (χ2n) is 3.78. The zero-order valence-electron chi connectivity index (χ0n) is 9.26. The van der Waals surface area contributed by atoms with E-state index < -0.39 is 11.1 Å². The molecule has 4 heteroatoms. The van der Waals surface area contributed by atoms with Gasteiger partial charge in [0, 0.05) is 6.61 Å². The molecule has 0 saturated heterocycles. The molecule has 0 aliphatic carbocycles. The maximum Gasteiger partial charge on any atom is 0.186 e. The van der Waals surface area contributed by atoms with Gasteiger partial charge in [0.25, 0.3) is 0 Å². The minimum Gasteiger partial charge on any atom is -0.396 e.